The van der Waals surface area contributed by atoms with Crippen molar-refractivity contribution >= 4 is 0 Å². The van der Waals surface area contributed by atoms with E-state index in [1.165, 1.54) is 17.7 Å². The quantitative estimate of drug-likeness (QED) is 0.905. The van der Waals surface area contributed by atoms with E-state index in [4.69, 9.17) is 4.74 Å². The molecule has 0 saturated carbocycles. The van der Waals surface area contributed by atoms with Crippen LogP contribution in [0.5, 0.6) is 0 Å². The Kier molecular flexibility index (Phi) is 4.09. The van der Waals surface area contributed by atoms with Crippen LogP contribution in [-0.2, 0) is 4.74 Å². The number of nitrogens with one attached hydrogen (secondary N) is 1. The van der Waals surface area contributed by atoms with Crippen LogP contribution in [0.25, 0.3) is 0 Å². The normalized spacial score (nSPS) is 23.2. The van der Waals surface area contributed by atoms with Gasteiger partial charge in [-0.25, -0.2) is 4.39 Å². The van der Waals surface area contributed by atoms with Gasteiger partial charge in [-0.05, 0) is 23.3 Å². The van der Waals surface area contributed by atoms with Gasteiger partial charge in [0.05, 0.1) is 12.7 Å². The van der Waals surface area contributed by atoms with Crippen LogP contribution in [0.2, 0.25) is 0 Å². The summed E-state index contributed by atoms with van der Waals surface area (Å²) in [6.07, 6.45) is -0.0343. The van der Waals surface area contributed by atoms with Gasteiger partial charge in [0.25, 0.3) is 0 Å². The molecule has 1 N–H and O–H groups in total. The maximum absolute atomic E-state index is 13.1. The maximum Gasteiger partial charge on any atom is 0.123 e. The van der Waals surface area contributed by atoms with Gasteiger partial charge in [0.2, 0.25) is 0 Å². The molecule has 1 fully saturated rings. The average molecular weight is 271 g/mol. The zero-order valence-corrected chi connectivity index (χ0v) is 11.3. The molecule has 0 radical (unpaired) electrons. The van der Waals surface area contributed by atoms with Crippen LogP contribution in [-0.4, -0.2) is 19.7 Å². The topological polar surface area (TPSA) is 21.3 Å². The van der Waals surface area contributed by atoms with Crippen molar-refractivity contribution in [2.75, 3.05) is 19.7 Å². The summed E-state index contributed by atoms with van der Waals surface area (Å²) in [5.41, 5.74) is 2.28. The number of rotatable bonds is 2. The molecule has 1 aliphatic rings. The molecule has 0 aromatic heterocycles. The number of ether oxygens (including phenoxy) is 1. The van der Waals surface area contributed by atoms with E-state index < -0.39 is 0 Å². The molecule has 3 heteroatoms. The number of halogens is 1. The summed E-state index contributed by atoms with van der Waals surface area (Å²) in [7, 11) is 0. The third-order valence-electron chi connectivity index (χ3n) is 3.73. The van der Waals surface area contributed by atoms with E-state index in [1.807, 2.05) is 30.3 Å². The lowest BCUT2D eigenvalue weighted by molar-refractivity contribution is 0.0514. The first-order valence-electron chi connectivity index (χ1n) is 6.97. The van der Waals surface area contributed by atoms with Gasteiger partial charge in [-0.2, -0.15) is 0 Å². The van der Waals surface area contributed by atoms with E-state index in [0.717, 1.165) is 18.7 Å². The first kappa shape index (κ1) is 13.3. The van der Waals surface area contributed by atoms with Gasteiger partial charge in [0.1, 0.15) is 5.82 Å². The van der Waals surface area contributed by atoms with Crippen molar-refractivity contribution in [1.29, 1.82) is 0 Å². The Morgan fingerprint density at radius 2 is 1.70 bits per heavy atom. The van der Waals surface area contributed by atoms with Gasteiger partial charge in [0, 0.05) is 19.0 Å². The minimum absolute atomic E-state index is 0.0343. The van der Waals surface area contributed by atoms with Crippen molar-refractivity contribution in [2.24, 2.45) is 0 Å². The van der Waals surface area contributed by atoms with E-state index in [1.54, 1.807) is 0 Å². The molecule has 0 amide bonds. The van der Waals surface area contributed by atoms with E-state index in [9.17, 15) is 4.39 Å². The number of hydrogen-bond acceptors (Lipinski definition) is 2. The maximum atomic E-state index is 13.1. The molecule has 1 saturated heterocycles. The zero-order valence-electron chi connectivity index (χ0n) is 11.3. The van der Waals surface area contributed by atoms with Crippen LogP contribution < -0.4 is 5.32 Å². The summed E-state index contributed by atoms with van der Waals surface area (Å²) in [6, 6.07) is 17.0. The Balaban J connectivity index is 1.93. The van der Waals surface area contributed by atoms with E-state index >= 15 is 0 Å². The highest BCUT2D eigenvalue weighted by Gasteiger charge is 2.27. The summed E-state index contributed by atoms with van der Waals surface area (Å²) < 4.78 is 19.1. The standard InChI is InChI=1S/C17H18FNO/c18-15-8-6-14(7-9-15)17-16(12-19-10-11-20-17)13-4-2-1-3-5-13/h1-9,16-17,19H,10-12H2/t16-,17+/m1/s1. The third-order valence-corrected chi connectivity index (χ3v) is 3.73. The predicted octanol–water partition coefficient (Wildman–Crippen LogP) is 3.27. The fraction of sp³-hybridized carbons (Fsp3) is 0.294. The van der Waals surface area contributed by atoms with Crippen molar-refractivity contribution in [3.05, 3.63) is 71.5 Å². The first-order valence-corrected chi connectivity index (χ1v) is 6.97. The molecule has 0 aliphatic carbocycles. The van der Waals surface area contributed by atoms with Crippen LogP contribution in [0.1, 0.15) is 23.1 Å². The average Bonchev–Trinajstić information content (AvgIpc) is 2.75. The summed E-state index contributed by atoms with van der Waals surface area (Å²) in [5, 5.41) is 3.41. The molecular formula is C17H18FNO. The van der Waals surface area contributed by atoms with Crippen LogP contribution in [0, 0.1) is 5.82 Å². The lowest BCUT2D eigenvalue weighted by atomic mass is 9.89. The minimum atomic E-state index is -0.211. The summed E-state index contributed by atoms with van der Waals surface area (Å²) in [4.78, 5) is 0. The van der Waals surface area contributed by atoms with E-state index in [2.05, 4.69) is 17.4 Å². The highest BCUT2D eigenvalue weighted by molar-refractivity contribution is 5.28. The van der Waals surface area contributed by atoms with Crippen molar-refractivity contribution in [2.45, 2.75) is 12.0 Å². The van der Waals surface area contributed by atoms with Gasteiger partial charge < -0.3 is 10.1 Å². The van der Waals surface area contributed by atoms with Crippen molar-refractivity contribution < 1.29 is 9.13 Å². The number of benzene rings is 2. The highest BCUT2D eigenvalue weighted by atomic mass is 19.1. The summed E-state index contributed by atoms with van der Waals surface area (Å²) in [6.45, 7) is 2.39. The smallest absolute Gasteiger partial charge is 0.123 e. The van der Waals surface area contributed by atoms with Crippen molar-refractivity contribution in [3.8, 4) is 0 Å². The second kappa shape index (κ2) is 6.16. The van der Waals surface area contributed by atoms with Crippen molar-refractivity contribution in [3.63, 3.8) is 0 Å². The largest absolute Gasteiger partial charge is 0.372 e. The fourth-order valence-electron chi connectivity index (χ4n) is 2.71. The van der Waals surface area contributed by atoms with Gasteiger partial charge in [-0.1, -0.05) is 42.5 Å². The molecule has 20 heavy (non-hydrogen) atoms. The minimum Gasteiger partial charge on any atom is -0.372 e. The molecular weight excluding hydrogens is 253 g/mol. The van der Waals surface area contributed by atoms with Gasteiger partial charge in [-0.15, -0.1) is 0 Å². The lowest BCUT2D eigenvalue weighted by Gasteiger charge is -2.25. The Labute approximate surface area is 118 Å². The zero-order chi connectivity index (χ0) is 13.8. The SMILES string of the molecule is Fc1ccc([C@@H]2OCCNC[C@@H]2c2ccccc2)cc1. The van der Waals surface area contributed by atoms with Gasteiger partial charge in [0.15, 0.2) is 0 Å². The first-order chi connectivity index (χ1) is 9.84. The predicted molar refractivity (Wildman–Crippen MR) is 77.1 cm³/mol. The van der Waals surface area contributed by atoms with Crippen LogP contribution >= 0.6 is 0 Å². The molecule has 2 aromatic rings. The molecule has 2 aromatic carbocycles. The second-order valence-corrected chi connectivity index (χ2v) is 5.06. The lowest BCUT2D eigenvalue weighted by Crippen LogP contribution is -2.23. The van der Waals surface area contributed by atoms with Crippen LogP contribution in [0.4, 0.5) is 4.39 Å². The summed E-state index contributed by atoms with van der Waals surface area (Å²) in [5.74, 6) is 0.0286. The Morgan fingerprint density at radius 1 is 0.950 bits per heavy atom. The Bertz CT molecular complexity index is 541. The van der Waals surface area contributed by atoms with E-state index in [0.29, 0.717) is 6.61 Å². The Hall–Kier alpha value is -1.71. The molecule has 3 rings (SSSR count). The molecule has 1 aliphatic heterocycles. The van der Waals surface area contributed by atoms with Crippen molar-refractivity contribution in [1.82, 2.24) is 5.32 Å². The molecule has 0 unspecified atom stereocenters. The van der Waals surface area contributed by atoms with E-state index in [-0.39, 0.29) is 17.8 Å². The van der Waals surface area contributed by atoms with Crippen LogP contribution in [0.15, 0.2) is 54.6 Å². The van der Waals surface area contributed by atoms with Crippen LogP contribution in [0.3, 0.4) is 0 Å². The van der Waals surface area contributed by atoms with Gasteiger partial charge in [-0.3, -0.25) is 0 Å². The molecule has 0 bridgehead atoms. The molecule has 2 nitrogen and oxygen atoms in total. The van der Waals surface area contributed by atoms with Gasteiger partial charge >= 0.3 is 0 Å². The summed E-state index contributed by atoms with van der Waals surface area (Å²) >= 11 is 0. The Morgan fingerprint density at radius 3 is 2.45 bits per heavy atom. The monoisotopic (exact) mass is 271 g/mol. The third kappa shape index (κ3) is 2.89. The molecule has 2 atom stereocenters. The number of hydrogen-bond donors (Lipinski definition) is 1. The fourth-order valence-corrected chi connectivity index (χ4v) is 2.71. The molecule has 0 spiro atoms. The highest BCUT2D eigenvalue weighted by Crippen LogP contribution is 2.34. The molecule has 1 heterocycles. The second-order valence-electron chi connectivity index (χ2n) is 5.06. The molecule has 104 valence electrons.